The highest BCUT2D eigenvalue weighted by Gasteiger charge is 2.51. The van der Waals surface area contributed by atoms with Crippen LogP contribution in [0.3, 0.4) is 0 Å². The van der Waals surface area contributed by atoms with E-state index in [9.17, 15) is 50.8 Å². The monoisotopic (exact) mass is 654 g/mol. The van der Waals surface area contributed by atoms with Crippen LogP contribution in [0.15, 0.2) is 54.3 Å². The van der Waals surface area contributed by atoms with Crippen LogP contribution in [0.5, 0.6) is 5.75 Å². The first-order valence-corrected chi connectivity index (χ1v) is 14.6. The second-order valence-corrected chi connectivity index (χ2v) is 11.3. The maximum atomic E-state index is 12.3. The molecule has 2 fully saturated rings. The smallest absolute Gasteiger partial charge is 0.330 e. The van der Waals surface area contributed by atoms with Gasteiger partial charge >= 0.3 is 5.97 Å². The van der Waals surface area contributed by atoms with Gasteiger partial charge in [-0.05, 0) is 35.4 Å². The minimum atomic E-state index is -1.74. The SMILES string of the molecule is O=C(C=Cc1ccc(O)cc1)OCC1OC(OC2C=C(CO)C3C(OC4OC(CO)C(O)C(O)C4O)OC=CC23)C(O)C(O)C1O. The molecule has 0 amide bonds. The van der Waals surface area contributed by atoms with Crippen LogP contribution in [0.1, 0.15) is 5.56 Å². The van der Waals surface area contributed by atoms with E-state index in [-0.39, 0.29) is 5.75 Å². The lowest BCUT2D eigenvalue weighted by Crippen LogP contribution is -2.60. The van der Waals surface area contributed by atoms with Crippen molar-refractivity contribution in [2.45, 2.75) is 73.8 Å². The van der Waals surface area contributed by atoms with Crippen molar-refractivity contribution >= 4 is 12.0 Å². The van der Waals surface area contributed by atoms with Gasteiger partial charge < -0.3 is 74.4 Å². The van der Waals surface area contributed by atoms with Crippen LogP contribution >= 0.6 is 0 Å². The first-order valence-electron chi connectivity index (χ1n) is 14.6. The van der Waals surface area contributed by atoms with E-state index >= 15 is 0 Å². The molecule has 1 aromatic rings. The molecule has 0 spiro atoms. The highest BCUT2D eigenvalue weighted by atomic mass is 16.8. The molecule has 0 bridgehead atoms. The Hall–Kier alpha value is -2.97. The fourth-order valence-electron chi connectivity index (χ4n) is 5.77. The summed E-state index contributed by atoms with van der Waals surface area (Å²) in [5.74, 6) is -2.06. The Morgan fingerprint density at radius 2 is 1.43 bits per heavy atom. The van der Waals surface area contributed by atoms with Gasteiger partial charge in [-0.15, -0.1) is 0 Å². The number of phenols is 1. The van der Waals surface area contributed by atoms with Gasteiger partial charge in [0, 0.05) is 12.0 Å². The van der Waals surface area contributed by atoms with Crippen molar-refractivity contribution in [3.8, 4) is 5.75 Å². The van der Waals surface area contributed by atoms with Crippen molar-refractivity contribution in [2.75, 3.05) is 19.8 Å². The number of aromatic hydroxyl groups is 1. The number of benzene rings is 1. The van der Waals surface area contributed by atoms with Crippen molar-refractivity contribution in [2.24, 2.45) is 11.8 Å². The van der Waals surface area contributed by atoms with E-state index in [1.165, 1.54) is 30.5 Å². The summed E-state index contributed by atoms with van der Waals surface area (Å²) in [6, 6.07) is 6.04. The summed E-state index contributed by atoms with van der Waals surface area (Å²) in [6.45, 7) is -1.64. The lowest BCUT2D eigenvalue weighted by atomic mass is 9.88. The lowest BCUT2D eigenvalue weighted by Gasteiger charge is -2.43. The Morgan fingerprint density at radius 1 is 0.804 bits per heavy atom. The third kappa shape index (κ3) is 7.28. The van der Waals surface area contributed by atoms with Crippen LogP contribution in [-0.4, -0.2) is 146 Å². The highest BCUT2D eigenvalue weighted by molar-refractivity contribution is 5.87. The fraction of sp³-hybridized carbons (Fsp3) is 0.567. The normalized spacial score (nSPS) is 40.7. The number of rotatable bonds is 10. The molecule has 254 valence electrons. The third-order valence-corrected chi connectivity index (χ3v) is 8.36. The summed E-state index contributed by atoms with van der Waals surface area (Å²) in [5.41, 5.74) is 0.995. The Balaban J connectivity index is 1.22. The average molecular weight is 655 g/mol. The molecule has 16 nitrogen and oxygen atoms in total. The molecular formula is C30H38O16. The van der Waals surface area contributed by atoms with Gasteiger partial charge in [0.15, 0.2) is 12.6 Å². The van der Waals surface area contributed by atoms with Crippen molar-refractivity contribution in [3.05, 3.63) is 59.9 Å². The molecule has 14 unspecified atom stereocenters. The predicted octanol–water partition coefficient (Wildman–Crippen LogP) is -3.01. The van der Waals surface area contributed by atoms with Crippen molar-refractivity contribution in [1.82, 2.24) is 0 Å². The van der Waals surface area contributed by atoms with Crippen LogP contribution in [0.25, 0.3) is 6.08 Å². The number of aliphatic hydroxyl groups is 8. The molecule has 16 heteroatoms. The zero-order valence-corrected chi connectivity index (χ0v) is 24.3. The van der Waals surface area contributed by atoms with E-state index < -0.39 is 111 Å². The zero-order valence-electron chi connectivity index (χ0n) is 24.3. The number of ether oxygens (including phenoxy) is 6. The first kappa shape index (κ1) is 34.4. The van der Waals surface area contributed by atoms with Crippen LogP contribution in [0.4, 0.5) is 0 Å². The molecule has 1 aromatic carbocycles. The minimum Gasteiger partial charge on any atom is -0.508 e. The van der Waals surface area contributed by atoms with Gasteiger partial charge in [-0.1, -0.05) is 18.2 Å². The molecular weight excluding hydrogens is 616 g/mol. The Kier molecular flexibility index (Phi) is 11.1. The zero-order chi connectivity index (χ0) is 33.1. The minimum absolute atomic E-state index is 0.0611. The van der Waals surface area contributed by atoms with E-state index in [0.717, 1.165) is 6.08 Å². The van der Waals surface area contributed by atoms with Crippen LogP contribution in [0.2, 0.25) is 0 Å². The fourth-order valence-corrected chi connectivity index (χ4v) is 5.77. The molecule has 3 aliphatic heterocycles. The number of fused-ring (bicyclic) bond motifs is 1. The molecule has 0 aromatic heterocycles. The average Bonchev–Trinajstić information content (AvgIpc) is 3.42. The van der Waals surface area contributed by atoms with Gasteiger partial charge in [0.1, 0.15) is 61.2 Å². The molecule has 3 heterocycles. The van der Waals surface area contributed by atoms with E-state index in [2.05, 4.69) is 0 Å². The van der Waals surface area contributed by atoms with Gasteiger partial charge in [-0.25, -0.2) is 4.79 Å². The number of carbonyl (C=O) groups excluding carboxylic acids is 1. The van der Waals surface area contributed by atoms with Gasteiger partial charge in [0.05, 0.1) is 31.5 Å². The van der Waals surface area contributed by atoms with Gasteiger partial charge in [0.25, 0.3) is 0 Å². The summed E-state index contributed by atoms with van der Waals surface area (Å²) >= 11 is 0. The van der Waals surface area contributed by atoms with Crippen LogP contribution < -0.4 is 0 Å². The number of esters is 1. The van der Waals surface area contributed by atoms with Crippen molar-refractivity contribution < 1.29 is 79.2 Å². The summed E-state index contributed by atoms with van der Waals surface area (Å²) in [4.78, 5) is 12.3. The lowest BCUT2D eigenvalue weighted by molar-refractivity contribution is -0.341. The molecule has 0 saturated carbocycles. The maximum Gasteiger partial charge on any atom is 0.330 e. The Labute approximate surface area is 262 Å². The molecule has 0 radical (unpaired) electrons. The molecule has 4 aliphatic rings. The van der Waals surface area contributed by atoms with Crippen molar-refractivity contribution in [3.63, 3.8) is 0 Å². The summed E-state index contributed by atoms with van der Waals surface area (Å²) in [6.07, 6.45) is -10.7. The summed E-state index contributed by atoms with van der Waals surface area (Å²) < 4.78 is 33.7. The summed E-state index contributed by atoms with van der Waals surface area (Å²) in [5, 5.41) is 91.3. The Morgan fingerprint density at radius 3 is 2.09 bits per heavy atom. The highest BCUT2D eigenvalue weighted by Crippen LogP contribution is 2.43. The van der Waals surface area contributed by atoms with Gasteiger partial charge in [-0.3, -0.25) is 0 Å². The van der Waals surface area contributed by atoms with Crippen LogP contribution in [0, 0.1) is 11.8 Å². The molecule has 2 saturated heterocycles. The predicted molar refractivity (Wildman–Crippen MR) is 151 cm³/mol. The number of hydrogen-bond donors (Lipinski definition) is 9. The quantitative estimate of drug-likeness (QED) is 0.0692. The van der Waals surface area contributed by atoms with Crippen LogP contribution in [-0.2, 0) is 33.2 Å². The maximum absolute atomic E-state index is 12.3. The molecule has 5 rings (SSSR count). The van der Waals surface area contributed by atoms with E-state index in [1.807, 2.05) is 0 Å². The first-order chi connectivity index (χ1) is 22.0. The van der Waals surface area contributed by atoms with E-state index in [0.29, 0.717) is 11.1 Å². The molecule has 9 N–H and O–H groups in total. The van der Waals surface area contributed by atoms with Crippen molar-refractivity contribution in [1.29, 1.82) is 0 Å². The number of aliphatic hydroxyl groups excluding tert-OH is 8. The second kappa shape index (κ2) is 14.8. The number of carbonyl (C=O) groups is 1. The molecule has 46 heavy (non-hydrogen) atoms. The topological polar surface area (TPSA) is 255 Å². The molecule has 14 atom stereocenters. The van der Waals surface area contributed by atoms with E-state index in [1.54, 1.807) is 18.2 Å². The largest absolute Gasteiger partial charge is 0.508 e. The molecule has 1 aliphatic carbocycles. The van der Waals surface area contributed by atoms with E-state index in [4.69, 9.17) is 28.4 Å². The Bertz CT molecular complexity index is 1270. The van der Waals surface area contributed by atoms with Gasteiger partial charge in [-0.2, -0.15) is 0 Å². The number of phenolic OH excluding ortho intramolecular Hbond substituents is 1. The summed E-state index contributed by atoms with van der Waals surface area (Å²) in [7, 11) is 0. The second-order valence-electron chi connectivity index (χ2n) is 11.3. The third-order valence-electron chi connectivity index (χ3n) is 8.36. The number of hydrogen-bond acceptors (Lipinski definition) is 16. The standard InChI is InChI=1S/C30H38O16/c31-10-14-9-17(16-7-8-41-28(21(14)16)46-30-27(40)24(37)22(35)18(11-32)44-30)43-29-26(39)25(38)23(36)19(45-29)12-42-20(34)6-3-13-1-4-15(33)5-2-13/h1-9,16-19,21-33,35-40H,10-12H2. The van der Waals surface area contributed by atoms with Gasteiger partial charge in [0.2, 0.25) is 6.29 Å².